The Bertz CT molecular complexity index is 575. The lowest BCUT2D eigenvalue weighted by Crippen LogP contribution is -2.32. The highest BCUT2D eigenvalue weighted by atomic mass is 16.2. The van der Waals surface area contributed by atoms with Crippen molar-refractivity contribution < 1.29 is 9.59 Å². The highest BCUT2D eigenvalue weighted by molar-refractivity contribution is 6.29. The summed E-state index contributed by atoms with van der Waals surface area (Å²) < 4.78 is 0. The van der Waals surface area contributed by atoms with Crippen LogP contribution in [0, 0.1) is 5.41 Å². The van der Waals surface area contributed by atoms with Crippen LogP contribution in [0.15, 0.2) is 49.1 Å². The minimum Gasteiger partial charge on any atom is -0.293 e. The van der Waals surface area contributed by atoms with Gasteiger partial charge in [0.1, 0.15) is 5.41 Å². The lowest BCUT2D eigenvalue weighted by atomic mass is 9.76. The molecule has 0 radical (unpaired) electrons. The first-order valence-corrected chi connectivity index (χ1v) is 8.62. The number of ketones is 2. The van der Waals surface area contributed by atoms with Gasteiger partial charge >= 0.3 is 0 Å². The van der Waals surface area contributed by atoms with Crippen molar-refractivity contribution in [1.29, 1.82) is 0 Å². The minimum absolute atomic E-state index is 0.0476. The summed E-state index contributed by atoms with van der Waals surface area (Å²) in [6.45, 7) is 5.95. The molecular weight excluding hydrogens is 284 g/mol. The van der Waals surface area contributed by atoms with Crippen molar-refractivity contribution in [2.45, 2.75) is 51.9 Å². The Labute approximate surface area is 139 Å². The van der Waals surface area contributed by atoms with Gasteiger partial charge in [-0.1, -0.05) is 68.7 Å². The van der Waals surface area contributed by atoms with Crippen molar-refractivity contribution in [3.63, 3.8) is 0 Å². The zero-order valence-corrected chi connectivity index (χ0v) is 14.0. The van der Waals surface area contributed by atoms with Crippen molar-refractivity contribution in [2.75, 3.05) is 0 Å². The van der Waals surface area contributed by atoms with Crippen molar-refractivity contribution >= 4 is 11.6 Å². The molecule has 0 aliphatic heterocycles. The van der Waals surface area contributed by atoms with Crippen LogP contribution in [0.3, 0.4) is 0 Å². The molecule has 0 spiro atoms. The van der Waals surface area contributed by atoms with Gasteiger partial charge in [-0.3, -0.25) is 9.59 Å². The van der Waals surface area contributed by atoms with Gasteiger partial charge in [0.25, 0.3) is 0 Å². The summed E-state index contributed by atoms with van der Waals surface area (Å²) >= 11 is 0. The summed E-state index contributed by atoms with van der Waals surface area (Å²) in [4.78, 5) is 25.6. The molecule has 122 valence electrons. The molecule has 1 aromatic carbocycles. The van der Waals surface area contributed by atoms with Gasteiger partial charge in [0.2, 0.25) is 0 Å². The van der Waals surface area contributed by atoms with Gasteiger partial charge in [0, 0.05) is 11.1 Å². The van der Waals surface area contributed by atoms with E-state index in [0.717, 1.165) is 6.42 Å². The fraction of sp³-hybridized carbons (Fsp3) is 0.429. The zero-order valence-electron chi connectivity index (χ0n) is 14.0. The molecule has 23 heavy (non-hydrogen) atoms. The van der Waals surface area contributed by atoms with E-state index in [1.807, 2.05) is 18.2 Å². The maximum Gasteiger partial charge on any atom is 0.178 e. The summed E-state index contributed by atoms with van der Waals surface area (Å²) in [5, 5.41) is 0. The Hall–Kier alpha value is -1.96. The second-order valence-corrected chi connectivity index (χ2v) is 6.30. The van der Waals surface area contributed by atoms with E-state index < -0.39 is 5.41 Å². The van der Waals surface area contributed by atoms with E-state index in [-0.39, 0.29) is 11.6 Å². The zero-order chi connectivity index (χ0) is 16.7. The molecule has 0 N–H and O–H groups in total. The highest BCUT2D eigenvalue weighted by Gasteiger charge is 2.50. The van der Waals surface area contributed by atoms with Crippen LogP contribution in [-0.4, -0.2) is 11.6 Å². The van der Waals surface area contributed by atoms with E-state index in [2.05, 4.69) is 19.6 Å². The molecule has 2 heteroatoms. The first-order valence-electron chi connectivity index (χ1n) is 8.62. The quantitative estimate of drug-likeness (QED) is 0.341. The predicted octanol–water partition coefficient (Wildman–Crippen LogP) is 5.54. The van der Waals surface area contributed by atoms with Crippen LogP contribution in [0.25, 0.3) is 0 Å². The third-order valence-electron chi connectivity index (χ3n) is 4.64. The highest BCUT2D eigenvalue weighted by Crippen LogP contribution is 2.42. The molecule has 2 rings (SSSR count). The smallest absolute Gasteiger partial charge is 0.178 e. The molecule has 1 aliphatic rings. The predicted molar refractivity (Wildman–Crippen MR) is 94.9 cm³/mol. The average Bonchev–Trinajstić information content (AvgIpc) is 2.77. The number of allylic oxidation sites excluding steroid dienone is 3. The second-order valence-electron chi connectivity index (χ2n) is 6.30. The molecule has 1 aromatic rings. The van der Waals surface area contributed by atoms with E-state index in [9.17, 15) is 9.59 Å². The molecule has 0 amide bonds. The van der Waals surface area contributed by atoms with Gasteiger partial charge in [0.05, 0.1) is 0 Å². The Morgan fingerprint density at radius 2 is 1.61 bits per heavy atom. The fourth-order valence-electron chi connectivity index (χ4n) is 3.29. The van der Waals surface area contributed by atoms with E-state index in [0.29, 0.717) is 24.0 Å². The SMILES string of the molecule is C=CCC1(C/C=C/CCCCCC)C(=O)c2ccccc2C1=O. The molecule has 0 bridgehead atoms. The number of hydrogen-bond acceptors (Lipinski definition) is 2. The van der Waals surface area contributed by atoms with Crippen LogP contribution in [0.2, 0.25) is 0 Å². The van der Waals surface area contributed by atoms with Gasteiger partial charge in [-0.15, -0.1) is 6.58 Å². The average molecular weight is 310 g/mol. The van der Waals surface area contributed by atoms with Crippen molar-refractivity contribution in [1.82, 2.24) is 0 Å². The van der Waals surface area contributed by atoms with Crippen LogP contribution in [-0.2, 0) is 0 Å². The van der Waals surface area contributed by atoms with E-state index >= 15 is 0 Å². The minimum atomic E-state index is -0.967. The molecular formula is C21H26O2. The van der Waals surface area contributed by atoms with E-state index in [4.69, 9.17) is 0 Å². The number of carbonyl (C=O) groups is 2. The fourth-order valence-corrected chi connectivity index (χ4v) is 3.29. The van der Waals surface area contributed by atoms with Crippen molar-refractivity contribution in [2.24, 2.45) is 5.41 Å². The number of Topliss-reactive ketones (excluding diaryl/α,β-unsaturated/α-hetero) is 2. The van der Waals surface area contributed by atoms with Crippen LogP contribution in [0.4, 0.5) is 0 Å². The molecule has 0 fully saturated rings. The third-order valence-corrected chi connectivity index (χ3v) is 4.64. The first kappa shape index (κ1) is 17.4. The molecule has 0 unspecified atom stereocenters. The van der Waals surface area contributed by atoms with Crippen LogP contribution in [0.5, 0.6) is 0 Å². The molecule has 0 aromatic heterocycles. The molecule has 2 nitrogen and oxygen atoms in total. The van der Waals surface area contributed by atoms with Crippen LogP contribution >= 0.6 is 0 Å². The molecule has 1 aliphatic carbocycles. The van der Waals surface area contributed by atoms with Crippen molar-refractivity contribution in [3.05, 3.63) is 60.2 Å². The van der Waals surface area contributed by atoms with Gasteiger partial charge in [0.15, 0.2) is 11.6 Å². The number of unbranched alkanes of at least 4 members (excludes halogenated alkanes) is 4. The van der Waals surface area contributed by atoms with Crippen LogP contribution in [0.1, 0.15) is 72.6 Å². The Morgan fingerprint density at radius 3 is 2.17 bits per heavy atom. The Balaban J connectivity index is 2.09. The van der Waals surface area contributed by atoms with Gasteiger partial charge in [-0.25, -0.2) is 0 Å². The summed E-state index contributed by atoms with van der Waals surface area (Å²) in [7, 11) is 0. The Morgan fingerprint density at radius 1 is 0.957 bits per heavy atom. The van der Waals surface area contributed by atoms with Gasteiger partial charge < -0.3 is 0 Å². The standard InChI is InChI=1S/C21H26O2/c1-3-5-6-7-8-9-12-16-21(15-4-2)19(22)17-13-10-11-14-18(17)20(21)23/h4,9-14H,2-3,5-8,15-16H2,1H3/b12-9+. The molecule has 0 saturated heterocycles. The first-order chi connectivity index (χ1) is 11.2. The molecule has 0 saturated carbocycles. The number of hydrogen-bond donors (Lipinski definition) is 0. The van der Waals surface area contributed by atoms with Gasteiger partial charge in [-0.2, -0.15) is 0 Å². The molecule has 0 atom stereocenters. The summed E-state index contributed by atoms with van der Waals surface area (Å²) in [5.41, 5.74) is 0.164. The summed E-state index contributed by atoms with van der Waals surface area (Å²) in [6, 6.07) is 7.15. The third kappa shape index (κ3) is 3.52. The Kier molecular flexibility index (Phi) is 6.09. The number of fused-ring (bicyclic) bond motifs is 1. The maximum atomic E-state index is 12.8. The van der Waals surface area contributed by atoms with E-state index in [1.54, 1.807) is 18.2 Å². The second kappa shape index (κ2) is 8.05. The summed E-state index contributed by atoms with van der Waals surface area (Å²) in [6.07, 6.45) is 12.6. The largest absolute Gasteiger partial charge is 0.293 e. The van der Waals surface area contributed by atoms with E-state index in [1.165, 1.54) is 25.7 Å². The van der Waals surface area contributed by atoms with Crippen LogP contribution < -0.4 is 0 Å². The monoisotopic (exact) mass is 310 g/mol. The number of benzene rings is 1. The van der Waals surface area contributed by atoms with Gasteiger partial charge in [-0.05, 0) is 25.7 Å². The number of carbonyl (C=O) groups excluding carboxylic acids is 2. The van der Waals surface area contributed by atoms with Crippen molar-refractivity contribution in [3.8, 4) is 0 Å². The molecule has 0 heterocycles. The normalized spacial score (nSPS) is 16.0. The maximum absolute atomic E-state index is 12.8. The lowest BCUT2D eigenvalue weighted by Gasteiger charge is -2.22. The lowest BCUT2D eigenvalue weighted by molar-refractivity contribution is 0.0703. The topological polar surface area (TPSA) is 34.1 Å². The number of rotatable bonds is 9. The summed E-state index contributed by atoms with van der Waals surface area (Å²) in [5.74, 6) is -0.0951.